The van der Waals surface area contributed by atoms with Gasteiger partial charge in [0.15, 0.2) is 0 Å². The van der Waals surface area contributed by atoms with E-state index in [2.05, 4.69) is 12.1 Å². The zero-order valence-corrected chi connectivity index (χ0v) is 14.5. The second-order valence-electron chi connectivity index (χ2n) is 8.60. The monoisotopic (exact) mass is 334 g/mol. The van der Waals surface area contributed by atoms with Crippen molar-refractivity contribution >= 4 is 0 Å². The minimum atomic E-state index is 0.0948. The smallest absolute Gasteiger partial charge is 0.119 e. The molecule has 0 heterocycles. The molecule has 0 aliphatic heterocycles. The largest absolute Gasteiger partial charge is 0.508 e. The molecule has 4 aliphatic rings. The number of aromatic hydroxyl groups is 2. The Morgan fingerprint density at radius 3 is 1.52 bits per heavy atom. The molecule has 0 aromatic heterocycles. The lowest BCUT2D eigenvalue weighted by Gasteiger charge is -2.56. The highest BCUT2D eigenvalue weighted by atomic mass is 16.3. The Bertz CT molecular complexity index is 708. The number of phenolic OH excluding ortho intramolecular Hbond substituents is 2. The summed E-state index contributed by atoms with van der Waals surface area (Å²) < 4.78 is 0. The van der Waals surface area contributed by atoms with E-state index >= 15 is 0 Å². The Kier molecular flexibility index (Phi) is 3.55. The molecule has 0 saturated heterocycles. The van der Waals surface area contributed by atoms with Crippen LogP contribution in [0.4, 0.5) is 0 Å². The molecule has 2 nitrogen and oxygen atoms in total. The van der Waals surface area contributed by atoms with E-state index in [1.165, 1.54) is 32.1 Å². The van der Waals surface area contributed by atoms with Gasteiger partial charge in [-0.3, -0.25) is 0 Å². The fourth-order valence-corrected chi connectivity index (χ4v) is 6.59. The van der Waals surface area contributed by atoms with E-state index in [1.807, 2.05) is 24.3 Å². The highest BCUT2D eigenvalue weighted by Crippen LogP contribution is 2.61. The summed E-state index contributed by atoms with van der Waals surface area (Å²) in [5.74, 6) is 4.68. The summed E-state index contributed by atoms with van der Waals surface area (Å²) in [4.78, 5) is 0. The molecule has 130 valence electrons. The number of rotatable bonds is 3. The maximum atomic E-state index is 10.6. The molecule has 25 heavy (non-hydrogen) atoms. The number of hydrogen-bond acceptors (Lipinski definition) is 2. The molecular formula is C23H26O2. The van der Waals surface area contributed by atoms with Gasteiger partial charge in [-0.25, -0.2) is 0 Å². The molecule has 2 aromatic rings. The van der Waals surface area contributed by atoms with Crippen molar-refractivity contribution in [2.75, 3.05) is 0 Å². The minimum Gasteiger partial charge on any atom is -0.508 e. The summed E-state index contributed by atoms with van der Waals surface area (Å²) >= 11 is 0. The second kappa shape index (κ2) is 5.79. The molecule has 4 fully saturated rings. The quantitative estimate of drug-likeness (QED) is 0.799. The van der Waals surface area contributed by atoms with E-state index in [0.717, 1.165) is 34.8 Å². The van der Waals surface area contributed by atoms with Crippen LogP contribution in [0.1, 0.15) is 49.1 Å². The molecule has 4 bridgehead atoms. The molecule has 0 atom stereocenters. The van der Waals surface area contributed by atoms with Crippen LogP contribution < -0.4 is 0 Å². The van der Waals surface area contributed by atoms with Crippen LogP contribution in [-0.2, 0) is 0 Å². The van der Waals surface area contributed by atoms with E-state index in [4.69, 9.17) is 0 Å². The highest BCUT2D eigenvalue weighted by Gasteiger charge is 2.51. The molecular weight excluding hydrogens is 308 g/mol. The van der Waals surface area contributed by atoms with Crippen LogP contribution in [0.3, 0.4) is 0 Å². The molecule has 2 N–H and O–H groups in total. The van der Waals surface area contributed by atoms with Crippen LogP contribution in [0.2, 0.25) is 0 Å². The third-order valence-corrected chi connectivity index (χ3v) is 7.23. The normalized spacial score (nSPS) is 33.1. The van der Waals surface area contributed by atoms with Crippen LogP contribution in [-0.4, -0.2) is 10.2 Å². The number of benzene rings is 2. The second-order valence-corrected chi connectivity index (χ2v) is 8.60. The summed E-state index contributed by atoms with van der Waals surface area (Å²) in [6.07, 6.45) is 6.81. The first-order chi connectivity index (χ1) is 12.2. The van der Waals surface area contributed by atoms with Gasteiger partial charge in [-0.05, 0) is 73.8 Å². The van der Waals surface area contributed by atoms with Crippen LogP contribution in [0.15, 0.2) is 48.5 Å². The summed E-state index contributed by atoms with van der Waals surface area (Å²) in [7, 11) is 0. The van der Waals surface area contributed by atoms with Crippen molar-refractivity contribution in [2.24, 2.45) is 29.6 Å². The fraction of sp³-hybridized carbons (Fsp3) is 0.478. The first kappa shape index (κ1) is 15.3. The zero-order chi connectivity index (χ0) is 17.0. The van der Waals surface area contributed by atoms with Crippen molar-refractivity contribution < 1.29 is 10.2 Å². The molecule has 2 heteroatoms. The maximum absolute atomic E-state index is 10.6. The van der Waals surface area contributed by atoms with E-state index < -0.39 is 0 Å². The van der Waals surface area contributed by atoms with E-state index in [0.29, 0.717) is 17.4 Å². The van der Waals surface area contributed by atoms with Gasteiger partial charge in [0, 0.05) is 17.0 Å². The van der Waals surface area contributed by atoms with Crippen LogP contribution in [0.25, 0.3) is 0 Å². The zero-order valence-electron chi connectivity index (χ0n) is 14.5. The Balaban J connectivity index is 1.64. The average Bonchev–Trinajstić information content (AvgIpc) is 2.59. The summed E-state index contributed by atoms with van der Waals surface area (Å²) in [6, 6.07) is 15.5. The lowest BCUT2D eigenvalue weighted by atomic mass is 9.48. The predicted molar refractivity (Wildman–Crippen MR) is 98.6 cm³/mol. The Morgan fingerprint density at radius 1 is 0.640 bits per heavy atom. The van der Waals surface area contributed by atoms with E-state index in [1.54, 1.807) is 12.1 Å². The van der Waals surface area contributed by atoms with Crippen molar-refractivity contribution in [3.63, 3.8) is 0 Å². The van der Waals surface area contributed by atoms with Crippen molar-refractivity contribution in [3.05, 3.63) is 59.7 Å². The lowest BCUT2D eigenvalue weighted by molar-refractivity contribution is -0.0433. The number of phenols is 2. The molecule has 2 aromatic carbocycles. The molecule has 0 radical (unpaired) electrons. The van der Waals surface area contributed by atoms with Gasteiger partial charge in [0.25, 0.3) is 0 Å². The first-order valence-corrected chi connectivity index (χ1v) is 9.76. The summed E-state index contributed by atoms with van der Waals surface area (Å²) in [6.45, 7) is 0. The van der Waals surface area contributed by atoms with E-state index in [-0.39, 0.29) is 5.92 Å². The van der Waals surface area contributed by atoms with Gasteiger partial charge in [-0.15, -0.1) is 0 Å². The van der Waals surface area contributed by atoms with Crippen LogP contribution in [0.5, 0.6) is 11.5 Å². The standard InChI is InChI=1S/C23H26O2/c24-20-7-3-1-5-18(20)23(19-6-2-4-8-21(19)25)22-16-10-14-9-15(12-16)13-17(22)11-14/h1-8,14-17,22-25H,9-13H2. The highest BCUT2D eigenvalue weighted by molar-refractivity contribution is 5.47. The van der Waals surface area contributed by atoms with Gasteiger partial charge < -0.3 is 10.2 Å². The fourth-order valence-electron chi connectivity index (χ4n) is 6.59. The molecule has 0 spiro atoms. The molecule has 6 rings (SSSR count). The Labute approximate surface area is 149 Å². The van der Waals surface area contributed by atoms with E-state index in [9.17, 15) is 10.2 Å². The molecule has 4 aliphatic carbocycles. The summed E-state index contributed by atoms with van der Waals surface area (Å²) in [5.41, 5.74) is 1.97. The van der Waals surface area contributed by atoms with Crippen molar-refractivity contribution in [1.82, 2.24) is 0 Å². The minimum absolute atomic E-state index is 0.0948. The lowest BCUT2D eigenvalue weighted by Crippen LogP contribution is -2.47. The van der Waals surface area contributed by atoms with Gasteiger partial charge >= 0.3 is 0 Å². The third kappa shape index (κ3) is 2.46. The molecule has 0 amide bonds. The Morgan fingerprint density at radius 2 is 1.08 bits per heavy atom. The topological polar surface area (TPSA) is 40.5 Å². The van der Waals surface area contributed by atoms with Gasteiger partial charge in [0.2, 0.25) is 0 Å². The van der Waals surface area contributed by atoms with Gasteiger partial charge in [0.05, 0.1) is 0 Å². The van der Waals surface area contributed by atoms with Crippen LogP contribution >= 0.6 is 0 Å². The average molecular weight is 334 g/mol. The van der Waals surface area contributed by atoms with Gasteiger partial charge in [0.1, 0.15) is 11.5 Å². The third-order valence-electron chi connectivity index (χ3n) is 7.23. The van der Waals surface area contributed by atoms with Crippen molar-refractivity contribution in [2.45, 2.75) is 38.0 Å². The number of para-hydroxylation sites is 2. The number of hydrogen-bond donors (Lipinski definition) is 2. The maximum Gasteiger partial charge on any atom is 0.119 e. The molecule has 4 saturated carbocycles. The van der Waals surface area contributed by atoms with Crippen molar-refractivity contribution in [1.29, 1.82) is 0 Å². The Hall–Kier alpha value is -1.96. The first-order valence-electron chi connectivity index (χ1n) is 9.76. The predicted octanol–water partition coefficient (Wildman–Crippen LogP) is 5.30. The van der Waals surface area contributed by atoms with Gasteiger partial charge in [-0.2, -0.15) is 0 Å². The SMILES string of the molecule is Oc1ccccc1C(c1ccccc1O)C1C2CC3CC(C2)CC1C3. The van der Waals surface area contributed by atoms with Gasteiger partial charge in [-0.1, -0.05) is 36.4 Å². The summed E-state index contributed by atoms with van der Waals surface area (Å²) in [5, 5.41) is 21.2. The van der Waals surface area contributed by atoms with Crippen molar-refractivity contribution in [3.8, 4) is 11.5 Å². The molecule has 0 unspecified atom stereocenters. The van der Waals surface area contributed by atoms with Crippen LogP contribution in [0, 0.1) is 29.6 Å².